The van der Waals surface area contributed by atoms with Crippen molar-refractivity contribution in [2.75, 3.05) is 40.4 Å². The fourth-order valence-corrected chi connectivity index (χ4v) is 3.63. The van der Waals surface area contributed by atoms with Gasteiger partial charge in [-0.05, 0) is 81.7 Å². The first-order valence-electron chi connectivity index (χ1n) is 11.5. The zero-order valence-corrected chi connectivity index (χ0v) is 19.9. The highest BCUT2D eigenvalue weighted by Gasteiger charge is 2.11. The Morgan fingerprint density at radius 3 is 2.54 bits per heavy atom. The maximum atomic E-state index is 13.0. The Labute approximate surface area is 204 Å². The zero-order chi connectivity index (χ0) is 24.6. The van der Waals surface area contributed by atoms with Crippen molar-refractivity contribution >= 4 is 16.9 Å². The van der Waals surface area contributed by atoms with E-state index in [0.717, 1.165) is 29.7 Å². The van der Waals surface area contributed by atoms with Crippen LogP contribution in [0.3, 0.4) is 0 Å². The molecule has 4 rings (SSSR count). The summed E-state index contributed by atoms with van der Waals surface area (Å²) in [7, 11) is 4.02. The second kappa shape index (κ2) is 11.5. The molecule has 0 aliphatic heterocycles. The SMILES string of the molecule is CN(C)CCCNC(=O)c1ccc2c(c1)ncn2-c1cccc(OCCOc2ccc(F)cc2)c1. The van der Waals surface area contributed by atoms with E-state index in [-0.39, 0.29) is 11.7 Å². The molecular formula is C27H29FN4O3. The Bertz CT molecular complexity index is 1270. The molecule has 0 bridgehead atoms. The van der Waals surface area contributed by atoms with Crippen LogP contribution in [0.2, 0.25) is 0 Å². The van der Waals surface area contributed by atoms with Gasteiger partial charge in [-0.25, -0.2) is 9.37 Å². The van der Waals surface area contributed by atoms with Gasteiger partial charge in [0.05, 0.1) is 16.7 Å². The number of ether oxygens (including phenoxy) is 2. The maximum Gasteiger partial charge on any atom is 0.251 e. The van der Waals surface area contributed by atoms with Crippen molar-refractivity contribution in [2.45, 2.75) is 6.42 Å². The third kappa shape index (κ3) is 6.58. The van der Waals surface area contributed by atoms with Crippen molar-refractivity contribution < 1.29 is 18.7 Å². The standard InChI is InChI=1S/C27H29FN4O3/c1-31(2)14-4-13-29-27(33)20-7-12-26-25(17-20)30-19-32(26)22-5-3-6-24(18-22)35-16-15-34-23-10-8-21(28)9-11-23/h3,5-12,17-19H,4,13-16H2,1-2H3,(H,29,33). The molecule has 0 spiro atoms. The molecule has 0 saturated carbocycles. The van der Waals surface area contributed by atoms with E-state index in [2.05, 4.69) is 15.2 Å². The summed E-state index contributed by atoms with van der Waals surface area (Å²) in [6.07, 6.45) is 2.63. The summed E-state index contributed by atoms with van der Waals surface area (Å²) in [6, 6.07) is 19.1. The van der Waals surface area contributed by atoms with Crippen LogP contribution in [0.4, 0.5) is 4.39 Å². The first kappa shape index (κ1) is 24.2. The van der Waals surface area contributed by atoms with Crippen molar-refractivity contribution in [3.05, 3.63) is 84.4 Å². The molecule has 7 nitrogen and oxygen atoms in total. The lowest BCUT2D eigenvalue weighted by Gasteiger charge is -2.11. The number of imidazole rings is 1. The monoisotopic (exact) mass is 476 g/mol. The van der Waals surface area contributed by atoms with Gasteiger partial charge in [0.15, 0.2) is 0 Å². The number of amides is 1. The quantitative estimate of drug-likeness (QED) is 0.327. The topological polar surface area (TPSA) is 68.6 Å². The van der Waals surface area contributed by atoms with Crippen LogP contribution in [0.15, 0.2) is 73.1 Å². The Hall–Kier alpha value is -3.91. The van der Waals surface area contributed by atoms with Crippen LogP contribution < -0.4 is 14.8 Å². The summed E-state index contributed by atoms with van der Waals surface area (Å²) in [5.74, 6) is 0.891. The fourth-order valence-electron chi connectivity index (χ4n) is 3.63. The Morgan fingerprint density at radius 2 is 1.77 bits per heavy atom. The van der Waals surface area contributed by atoms with Crippen LogP contribution >= 0.6 is 0 Å². The van der Waals surface area contributed by atoms with E-state index in [0.29, 0.717) is 36.8 Å². The van der Waals surface area contributed by atoms with Crippen LogP contribution in [0.1, 0.15) is 16.8 Å². The summed E-state index contributed by atoms with van der Waals surface area (Å²) in [4.78, 5) is 19.1. The third-order valence-electron chi connectivity index (χ3n) is 5.41. The molecule has 182 valence electrons. The Balaban J connectivity index is 1.37. The molecule has 0 saturated heterocycles. The summed E-state index contributed by atoms with van der Waals surface area (Å²) in [6.45, 7) is 2.24. The van der Waals surface area contributed by atoms with Crippen molar-refractivity contribution in [1.82, 2.24) is 19.8 Å². The number of benzene rings is 3. The van der Waals surface area contributed by atoms with Gasteiger partial charge in [-0.1, -0.05) is 6.07 Å². The van der Waals surface area contributed by atoms with E-state index < -0.39 is 0 Å². The number of fused-ring (bicyclic) bond motifs is 1. The first-order chi connectivity index (χ1) is 17.0. The first-order valence-corrected chi connectivity index (χ1v) is 11.5. The molecule has 0 radical (unpaired) electrons. The summed E-state index contributed by atoms with van der Waals surface area (Å²) in [5, 5.41) is 2.96. The van der Waals surface area contributed by atoms with E-state index >= 15 is 0 Å². The van der Waals surface area contributed by atoms with Crippen molar-refractivity contribution in [2.24, 2.45) is 0 Å². The number of aromatic nitrogens is 2. The molecule has 0 aliphatic rings. The van der Waals surface area contributed by atoms with Crippen molar-refractivity contribution in [3.8, 4) is 17.2 Å². The van der Waals surface area contributed by atoms with Gasteiger partial charge in [-0.15, -0.1) is 0 Å². The number of nitrogens with zero attached hydrogens (tertiary/aromatic N) is 3. The molecule has 3 aromatic carbocycles. The van der Waals surface area contributed by atoms with Crippen LogP contribution in [0.5, 0.6) is 11.5 Å². The fraction of sp³-hybridized carbons (Fsp3) is 0.259. The van der Waals surface area contributed by atoms with Gasteiger partial charge in [-0.3, -0.25) is 9.36 Å². The highest BCUT2D eigenvalue weighted by atomic mass is 19.1. The highest BCUT2D eigenvalue weighted by Crippen LogP contribution is 2.23. The molecule has 1 aromatic heterocycles. The van der Waals surface area contributed by atoms with E-state index in [1.54, 1.807) is 24.5 Å². The summed E-state index contributed by atoms with van der Waals surface area (Å²) >= 11 is 0. The number of carbonyl (C=O) groups is 1. The Morgan fingerprint density at radius 1 is 1.00 bits per heavy atom. The average Bonchev–Trinajstić information content (AvgIpc) is 3.29. The molecular weight excluding hydrogens is 447 g/mol. The molecule has 8 heteroatoms. The van der Waals surface area contributed by atoms with Crippen molar-refractivity contribution in [1.29, 1.82) is 0 Å². The van der Waals surface area contributed by atoms with Gasteiger partial charge in [0.1, 0.15) is 36.9 Å². The molecule has 35 heavy (non-hydrogen) atoms. The molecule has 0 aliphatic carbocycles. The molecule has 0 fully saturated rings. The maximum absolute atomic E-state index is 13.0. The lowest BCUT2D eigenvalue weighted by molar-refractivity contribution is 0.0952. The minimum absolute atomic E-state index is 0.0986. The van der Waals surface area contributed by atoms with E-state index in [1.807, 2.05) is 55.1 Å². The lowest BCUT2D eigenvalue weighted by Crippen LogP contribution is -2.27. The van der Waals surface area contributed by atoms with E-state index in [4.69, 9.17) is 9.47 Å². The number of halogens is 1. The van der Waals surface area contributed by atoms with Gasteiger partial charge in [0.25, 0.3) is 5.91 Å². The molecule has 4 aromatic rings. The van der Waals surface area contributed by atoms with Crippen LogP contribution in [-0.4, -0.2) is 60.8 Å². The minimum Gasteiger partial charge on any atom is -0.490 e. The van der Waals surface area contributed by atoms with E-state index in [9.17, 15) is 9.18 Å². The normalized spacial score (nSPS) is 11.1. The molecule has 1 N–H and O–H groups in total. The lowest BCUT2D eigenvalue weighted by atomic mass is 10.2. The molecule has 1 amide bonds. The molecule has 0 atom stereocenters. The van der Waals surface area contributed by atoms with Gasteiger partial charge in [0.2, 0.25) is 0 Å². The summed E-state index contributed by atoms with van der Waals surface area (Å²) in [5.41, 5.74) is 3.12. The second-order valence-corrected chi connectivity index (χ2v) is 8.38. The summed E-state index contributed by atoms with van der Waals surface area (Å²) < 4.78 is 26.3. The van der Waals surface area contributed by atoms with Gasteiger partial charge in [-0.2, -0.15) is 0 Å². The zero-order valence-electron chi connectivity index (χ0n) is 19.9. The van der Waals surface area contributed by atoms with Crippen molar-refractivity contribution in [3.63, 3.8) is 0 Å². The van der Waals surface area contributed by atoms with Crippen LogP contribution in [-0.2, 0) is 0 Å². The largest absolute Gasteiger partial charge is 0.490 e. The molecule has 0 unspecified atom stereocenters. The number of nitrogens with one attached hydrogen (secondary N) is 1. The average molecular weight is 477 g/mol. The minimum atomic E-state index is -0.299. The third-order valence-corrected chi connectivity index (χ3v) is 5.41. The van der Waals surface area contributed by atoms with Gasteiger partial charge >= 0.3 is 0 Å². The second-order valence-electron chi connectivity index (χ2n) is 8.38. The van der Waals surface area contributed by atoms with E-state index in [1.165, 1.54) is 12.1 Å². The predicted molar refractivity (Wildman–Crippen MR) is 134 cm³/mol. The highest BCUT2D eigenvalue weighted by molar-refractivity contribution is 5.97. The number of rotatable bonds is 11. The Kier molecular flexibility index (Phi) is 7.95. The predicted octanol–water partition coefficient (Wildman–Crippen LogP) is 4.30. The van der Waals surface area contributed by atoms with Gasteiger partial charge in [0, 0.05) is 18.2 Å². The number of carbonyl (C=O) groups excluding carboxylic acids is 1. The number of hydrogen-bond acceptors (Lipinski definition) is 5. The van der Waals surface area contributed by atoms with Gasteiger partial charge < -0.3 is 19.7 Å². The molecule has 1 heterocycles. The smallest absolute Gasteiger partial charge is 0.251 e. The van der Waals surface area contributed by atoms with Crippen LogP contribution in [0.25, 0.3) is 16.7 Å². The van der Waals surface area contributed by atoms with Crippen LogP contribution in [0, 0.1) is 5.82 Å². The number of hydrogen-bond donors (Lipinski definition) is 1.